The number of nitrogens with one attached hydrogen (secondary N) is 1. The molecule has 0 saturated heterocycles. The van der Waals surface area contributed by atoms with Gasteiger partial charge in [0.25, 0.3) is 0 Å². The first kappa shape index (κ1) is 19.9. The second-order valence-corrected chi connectivity index (χ2v) is 8.78. The van der Waals surface area contributed by atoms with Crippen molar-refractivity contribution >= 4 is 36.1 Å². The van der Waals surface area contributed by atoms with E-state index in [4.69, 9.17) is 0 Å². The van der Waals surface area contributed by atoms with Crippen molar-refractivity contribution < 1.29 is 4.57 Å². The average Bonchev–Trinajstić information content (AvgIpc) is 2.42. The van der Waals surface area contributed by atoms with Gasteiger partial charge in [0, 0.05) is 18.2 Å². The highest BCUT2D eigenvalue weighted by Gasteiger charge is 2.14. The molecule has 0 aliphatic heterocycles. The molecule has 0 aliphatic rings. The number of aliphatic imine (C=N–C) groups is 1. The first-order valence-electron chi connectivity index (χ1n) is 6.84. The maximum Gasteiger partial charge on any atom is 0.339 e. The Morgan fingerprint density at radius 2 is 2.20 bits per heavy atom. The third-order valence-corrected chi connectivity index (χ3v) is 6.42. The summed E-state index contributed by atoms with van der Waals surface area (Å²) < 4.78 is 11.8. The highest BCUT2D eigenvalue weighted by Crippen LogP contribution is 2.33. The van der Waals surface area contributed by atoms with Gasteiger partial charge in [-0.1, -0.05) is 41.4 Å². The SMILES string of the molecule is C=N/C(=C\C=C/C)SSCC[P+](=O)CCCNC(C)C. The van der Waals surface area contributed by atoms with Crippen molar-refractivity contribution in [3.05, 3.63) is 23.3 Å². The van der Waals surface area contributed by atoms with Crippen LogP contribution in [0.3, 0.4) is 0 Å². The lowest BCUT2D eigenvalue weighted by Gasteiger charge is -2.04. The summed E-state index contributed by atoms with van der Waals surface area (Å²) in [5.74, 6) is 0.889. The molecule has 114 valence electrons. The Labute approximate surface area is 132 Å². The van der Waals surface area contributed by atoms with Crippen molar-refractivity contribution in [3.63, 3.8) is 0 Å². The van der Waals surface area contributed by atoms with Gasteiger partial charge in [0.1, 0.15) is 11.2 Å². The van der Waals surface area contributed by atoms with E-state index in [1.165, 1.54) is 0 Å². The van der Waals surface area contributed by atoms with Gasteiger partial charge in [-0.15, -0.1) is 0 Å². The zero-order valence-corrected chi connectivity index (χ0v) is 15.2. The van der Waals surface area contributed by atoms with Gasteiger partial charge in [0.15, 0.2) is 6.16 Å². The largest absolute Gasteiger partial charge is 0.339 e. The minimum absolute atomic E-state index is 0.508. The summed E-state index contributed by atoms with van der Waals surface area (Å²) in [6, 6.07) is 0.508. The second-order valence-electron chi connectivity index (χ2n) is 4.49. The summed E-state index contributed by atoms with van der Waals surface area (Å²) in [5.41, 5.74) is 0. The standard InChI is InChI=1S/C14H26N2OPS2/c1-5-6-8-14(15-4)20-19-12-11-18(17)10-7-9-16-13(2)3/h5-6,8,13,16H,4,7,9-12H2,1-3H3/q+1/b6-5-,14-8+. The molecule has 0 aromatic rings. The van der Waals surface area contributed by atoms with E-state index in [0.717, 1.165) is 36.1 Å². The van der Waals surface area contributed by atoms with Gasteiger partial charge in [0.2, 0.25) is 0 Å². The molecule has 0 heterocycles. The Hall–Kier alpha value is -0.0900. The van der Waals surface area contributed by atoms with Gasteiger partial charge in [-0.25, -0.2) is 0 Å². The van der Waals surface area contributed by atoms with E-state index in [1.807, 2.05) is 25.2 Å². The van der Waals surface area contributed by atoms with Gasteiger partial charge in [0.05, 0.1) is 0 Å². The molecule has 0 bridgehead atoms. The quantitative estimate of drug-likeness (QED) is 0.185. The third kappa shape index (κ3) is 12.9. The summed E-state index contributed by atoms with van der Waals surface area (Å²) in [4.78, 5) is 3.94. The maximum atomic E-state index is 11.8. The molecule has 0 aromatic carbocycles. The molecular formula is C14H26N2OPS2+. The van der Waals surface area contributed by atoms with Gasteiger partial charge in [-0.3, -0.25) is 4.99 Å². The van der Waals surface area contributed by atoms with Crippen LogP contribution in [0.2, 0.25) is 0 Å². The molecule has 0 aromatic heterocycles. The fraction of sp³-hybridized carbons (Fsp3) is 0.643. The van der Waals surface area contributed by atoms with Gasteiger partial charge < -0.3 is 5.32 Å². The summed E-state index contributed by atoms with van der Waals surface area (Å²) >= 11 is 0. The third-order valence-electron chi connectivity index (χ3n) is 2.29. The molecule has 20 heavy (non-hydrogen) atoms. The predicted octanol–water partition coefficient (Wildman–Crippen LogP) is 4.70. The van der Waals surface area contributed by atoms with E-state index in [9.17, 15) is 4.57 Å². The smallest absolute Gasteiger partial charge is 0.314 e. The summed E-state index contributed by atoms with van der Waals surface area (Å²) in [6.07, 6.45) is 8.43. The lowest BCUT2D eigenvalue weighted by atomic mass is 10.4. The lowest BCUT2D eigenvalue weighted by Crippen LogP contribution is -2.23. The van der Waals surface area contributed by atoms with Crippen LogP contribution < -0.4 is 5.32 Å². The molecule has 0 spiro atoms. The van der Waals surface area contributed by atoms with E-state index in [-0.39, 0.29) is 0 Å². The van der Waals surface area contributed by atoms with Crippen LogP contribution in [0, 0.1) is 0 Å². The highest BCUT2D eigenvalue weighted by atomic mass is 33.1. The molecule has 0 radical (unpaired) electrons. The minimum Gasteiger partial charge on any atom is -0.314 e. The van der Waals surface area contributed by atoms with Crippen molar-refractivity contribution in [1.82, 2.24) is 5.32 Å². The zero-order valence-electron chi connectivity index (χ0n) is 12.7. The first-order valence-corrected chi connectivity index (χ1v) is 10.8. The molecule has 1 atom stereocenters. The molecule has 1 unspecified atom stereocenters. The first-order chi connectivity index (χ1) is 9.60. The van der Waals surface area contributed by atoms with Gasteiger partial charge in [-0.05, 0) is 37.1 Å². The van der Waals surface area contributed by atoms with Crippen LogP contribution in [0.5, 0.6) is 0 Å². The molecule has 0 fully saturated rings. The Morgan fingerprint density at radius 3 is 2.80 bits per heavy atom. The molecular weight excluding hydrogens is 307 g/mol. The Balaban J connectivity index is 3.63. The molecule has 0 saturated carbocycles. The second kappa shape index (κ2) is 13.9. The van der Waals surface area contributed by atoms with Crippen LogP contribution in [0.4, 0.5) is 0 Å². The Kier molecular flexibility index (Phi) is 13.8. The van der Waals surface area contributed by atoms with Crippen molar-refractivity contribution in [3.8, 4) is 0 Å². The molecule has 0 amide bonds. The number of allylic oxidation sites excluding steroid dienone is 3. The van der Waals surface area contributed by atoms with E-state index in [1.54, 1.807) is 21.6 Å². The van der Waals surface area contributed by atoms with E-state index in [0.29, 0.717) is 6.04 Å². The number of nitrogens with zero attached hydrogens (tertiary/aromatic N) is 1. The van der Waals surface area contributed by atoms with Crippen molar-refractivity contribution in [1.29, 1.82) is 0 Å². The molecule has 0 aliphatic carbocycles. The zero-order chi connectivity index (χ0) is 15.2. The average molecular weight is 333 g/mol. The van der Waals surface area contributed by atoms with Crippen molar-refractivity contribution in [2.24, 2.45) is 4.99 Å². The number of hydrogen-bond donors (Lipinski definition) is 1. The normalized spacial score (nSPS) is 13.2. The monoisotopic (exact) mass is 333 g/mol. The maximum absolute atomic E-state index is 11.8. The lowest BCUT2D eigenvalue weighted by molar-refractivity contribution is 0.570. The molecule has 0 rings (SSSR count). The summed E-state index contributed by atoms with van der Waals surface area (Å²) in [7, 11) is 2.22. The van der Waals surface area contributed by atoms with Crippen LogP contribution in [0.1, 0.15) is 27.2 Å². The highest BCUT2D eigenvalue weighted by molar-refractivity contribution is 8.78. The van der Waals surface area contributed by atoms with Gasteiger partial charge in [-0.2, -0.15) is 0 Å². The molecule has 6 heteroatoms. The molecule has 1 N–H and O–H groups in total. The Bertz CT molecular complexity index is 344. The van der Waals surface area contributed by atoms with Crippen molar-refractivity contribution in [2.75, 3.05) is 24.6 Å². The van der Waals surface area contributed by atoms with Crippen LogP contribution in [-0.4, -0.2) is 37.4 Å². The fourth-order valence-electron chi connectivity index (χ4n) is 1.28. The summed E-state index contributed by atoms with van der Waals surface area (Å²) in [5, 5.41) is 4.23. The number of rotatable bonds is 12. The van der Waals surface area contributed by atoms with Crippen LogP contribution in [0.15, 0.2) is 28.2 Å². The van der Waals surface area contributed by atoms with Gasteiger partial charge >= 0.3 is 7.80 Å². The summed E-state index contributed by atoms with van der Waals surface area (Å²) in [6.45, 7) is 10.7. The van der Waals surface area contributed by atoms with Crippen LogP contribution >= 0.6 is 29.4 Å². The Morgan fingerprint density at radius 1 is 1.45 bits per heavy atom. The van der Waals surface area contributed by atoms with E-state index >= 15 is 0 Å². The van der Waals surface area contributed by atoms with E-state index in [2.05, 4.69) is 30.9 Å². The fourth-order valence-corrected chi connectivity index (χ4v) is 5.13. The van der Waals surface area contributed by atoms with E-state index < -0.39 is 7.80 Å². The number of hydrogen-bond acceptors (Lipinski definition) is 5. The van der Waals surface area contributed by atoms with Crippen LogP contribution in [-0.2, 0) is 4.57 Å². The minimum atomic E-state index is -1.06. The molecule has 3 nitrogen and oxygen atoms in total. The topological polar surface area (TPSA) is 41.5 Å². The van der Waals surface area contributed by atoms with Crippen LogP contribution in [0.25, 0.3) is 0 Å². The van der Waals surface area contributed by atoms with Crippen molar-refractivity contribution in [2.45, 2.75) is 33.2 Å². The predicted molar refractivity (Wildman–Crippen MR) is 97.6 cm³/mol.